The Morgan fingerprint density at radius 2 is 1.90 bits per heavy atom. The van der Waals surface area contributed by atoms with Crippen LogP contribution in [0.3, 0.4) is 0 Å². The molecule has 0 aliphatic rings. The van der Waals surface area contributed by atoms with E-state index in [0.717, 1.165) is 12.4 Å². The first-order valence-corrected chi connectivity index (χ1v) is 7.34. The van der Waals surface area contributed by atoms with Crippen LogP contribution in [-0.2, 0) is 17.9 Å². The number of benzene rings is 1. The van der Waals surface area contributed by atoms with Crippen molar-refractivity contribution < 1.29 is 4.74 Å². The predicted molar refractivity (Wildman–Crippen MR) is 85.7 cm³/mol. The van der Waals surface area contributed by atoms with Gasteiger partial charge >= 0.3 is 0 Å². The summed E-state index contributed by atoms with van der Waals surface area (Å²) < 4.78 is 5.34. The van der Waals surface area contributed by atoms with Crippen molar-refractivity contribution in [3.8, 4) is 0 Å². The summed E-state index contributed by atoms with van der Waals surface area (Å²) >= 11 is 6.06. The highest BCUT2D eigenvalue weighted by Gasteiger charge is 2.08. The third-order valence-corrected chi connectivity index (χ3v) is 3.29. The Balaban J connectivity index is 2.12. The molecule has 4 nitrogen and oxygen atoms in total. The third kappa shape index (κ3) is 4.69. The maximum atomic E-state index is 6.06. The van der Waals surface area contributed by atoms with Gasteiger partial charge in [0.2, 0.25) is 0 Å². The Bertz CT molecular complexity index is 587. The molecule has 0 fully saturated rings. The second kappa shape index (κ2) is 7.38. The smallest absolute Gasteiger partial charge is 0.158 e. The van der Waals surface area contributed by atoms with Crippen LogP contribution in [0.2, 0.25) is 5.15 Å². The van der Waals surface area contributed by atoms with E-state index in [4.69, 9.17) is 16.3 Å². The lowest BCUT2D eigenvalue weighted by Gasteiger charge is -2.19. The molecular formula is C16H20ClN3O. The van der Waals surface area contributed by atoms with Crippen molar-refractivity contribution in [3.05, 3.63) is 52.4 Å². The summed E-state index contributed by atoms with van der Waals surface area (Å²) in [4.78, 5) is 10.7. The molecule has 0 unspecified atom stereocenters. The second-order valence-corrected chi connectivity index (χ2v) is 5.33. The van der Waals surface area contributed by atoms with Crippen molar-refractivity contribution in [2.24, 2.45) is 0 Å². The number of rotatable bonds is 6. The molecule has 0 bridgehead atoms. The van der Waals surface area contributed by atoms with Gasteiger partial charge in [0.1, 0.15) is 17.6 Å². The minimum Gasteiger partial charge on any atom is -0.374 e. The Labute approximate surface area is 130 Å². The quantitative estimate of drug-likeness (QED) is 0.764. The molecule has 21 heavy (non-hydrogen) atoms. The van der Waals surface area contributed by atoms with E-state index < -0.39 is 0 Å². The van der Waals surface area contributed by atoms with Gasteiger partial charge in [-0.2, -0.15) is 0 Å². The van der Waals surface area contributed by atoms with Crippen LogP contribution in [0.4, 0.5) is 5.82 Å². The van der Waals surface area contributed by atoms with E-state index >= 15 is 0 Å². The second-order valence-electron chi connectivity index (χ2n) is 4.94. The Morgan fingerprint density at radius 1 is 1.19 bits per heavy atom. The van der Waals surface area contributed by atoms with Crippen molar-refractivity contribution in [1.29, 1.82) is 0 Å². The fourth-order valence-electron chi connectivity index (χ4n) is 1.95. The van der Waals surface area contributed by atoms with Gasteiger partial charge in [-0.25, -0.2) is 9.97 Å². The number of anilines is 1. The monoisotopic (exact) mass is 305 g/mol. The number of halogens is 1. The van der Waals surface area contributed by atoms with Crippen LogP contribution in [0.1, 0.15) is 23.9 Å². The van der Waals surface area contributed by atoms with Crippen LogP contribution in [0.5, 0.6) is 0 Å². The molecule has 0 aliphatic heterocycles. The molecule has 0 amide bonds. The average Bonchev–Trinajstić information content (AvgIpc) is 2.47. The summed E-state index contributed by atoms with van der Waals surface area (Å²) in [7, 11) is 1.99. The highest BCUT2D eigenvalue weighted by Crippen LogP contribution is 2.17. The normalized spacial score (nSPS) is 10.7. The van der Waals surface area contributed by atoms with Crippen molar-refractivity contribution in [3.63, 3.8) is 0 Å². The van der Waals surface area contributed by atoms with E-state index in [0.29, 0.717) is 24.2 Å². The lowest BCUT2D eigenvalue weighted by Crippen LogP contribution is -2.18. The number of ether oxygens (including phenoxy) is 1. The fraction of sp³-hybridized carbons (Fsp3) is 0.375. The van der Waals surface area contributed by atoms with Gasteiger partial charge in [-0.05, 0) is 19.4 Å². The summed E-state index contributed by atoms with van der Waals surface area (Å²) in [5, 5.41) is 0.436. The van der Waals surface area contributed by atoms with Gasteiger partial charge in [0.15, 0.2) is 5.82 Å². The van der Waals surface area contributed by atoms with Crippen LogP contribution in [-0.4, -0.2) is 23.6 Å². The molecule has 0 saturated heterocycles. The van der Waals surface area contributed by atoms with Crippen LogP contribution < -0.4 is 4.90 Å². The molecule has 2 aromatic rings. The van der Waals surface area contributed by atoms with Gasteiger partial charge in [-0.1, -0.05) is 41.4 Å². The Morgan fingerprint density at radius 3 is 2.57 bits per heavy atom. The molecule has 1 heterocycles. The van der Waals surface area contributed by atoms with Gasteiger partial charge in [0.05, 0.1) is 0 Å². The topological polar surface area (TPSA) is 38.2 Å². The van der Waals surface area contributed by atoms with E-state index in [9.17, 15) is 0 Å². The Hall–Kier alpha value is -1.65. The van der Waals surface area contributed by atoms with E-state index in [2.05, 4.69) is 41.2 Å². The van der Waals surface area contributed by atoms with Gasteiger partial charge in [-0.15, -0.1) is 0 Å². The van der Waals surface area contributed by atoms with Gasteiger partial charge in [-0.3, -0.25) is 0 Å². The van der Waals surface area contributed by atoms with E-state index in [1.54, 1.807) is 6.07 Å². The minimum atomic E-state index is 0.377. The first-order chi connectivity index (χ1) is 10.1. The Kier molecular flexibility index (Phi) is 5.53. The summed E-state index contributed by atoms with van der Waals surface area (Å²) in [6.45, 7) is 5.79. The molecule has 1 aromatic carbocycles. The zero-order valence-corrected chi connectivity index (χ0v) is 13.4. The lowest BCUT2D eigenvalue weighted by atomic mass is 10.1. The highest BCUT2D eigenvalue weighted by atomic mass is 35.5. The largest absolute Gasteiger partial charge is 0.374 e. The standard InChI is InChI=1S/C16H20ClN3O/c1-4-21-11-15-18-14(17)9-16(19-15)20(3)10-13-7-5-12(2)6-8-13/h5-9H,4,10-11H2,1-3H3. The van der Waals surface area contributed by atoms with Crippen LogP contribution in [0.15, 0.2) is 30.3 Å². The molecule has 0 atom stereocenters. The van der Waals surface area contributed by atoms with Gasteiger partial charge in [0, 0.05) is 26.3 Å². The number of aryl methyl sites for hydroxylation is 1. The molecule has 0 saturated carbocycles. The molecule has 0 aliphatic carbocycles. The number of nitrogens with zero attached hydrogens (tertiary/aromatic N) is 3. The highest BCUT2D eigenvalue weighted by molar-refractivity contribution is 6.29. The van der Waals surface area contributed by atoms with Gasteiger partial charge < -0.3 is 9.64 Å². The van der Waals surface area contributed by atoms with Crippen molar-refractivity contribution in [2.75, 3.05) is 18.6 Å². The summed E-state index contributed by atoms with van der Waals surface area (Å²) in [6.07, 6.45) is 0. The van der Waals surface area contributed by atoms with E-state index in [-0.39, 0.29) is 0 Å². The average molecular weight is 306 g/mol. The van der Waals surface area contributed by atoms with Crippen molar-refractivity contribution in [2.45, 2.75) is 27.0 Å². The third-order valence-electron chi connectivity index (χ3n) is 3.09. The van der Waals surface area contributed by atoms with Crippen molar-refractivity contribution in [1.82, 2.24) is 9.97 Å². The maximum Gasteiger partial charge on any atom is 0.158 e. The molecule has 5 heteroatoms. The maximum absolute atomic E-state index is 6.06. The predicted octanol–water partition coefficient (Wildman–Crippen LogP) is 3.61. The van der Waals surface area contributed by atoms with Gasteiger partial charge in [0.25, 0.3) is 0 Å². The van der Waals surface area contributed by atoms with Crippen LogP contribution >= 0.6 is 11.6 Å². The molecule has 2 rings (SSSR count). The zero-order valence-electron chi connectivity index (χ0n) is 12.6. The SMILES string of the molecule is CCOCc1nc(Cl)cc(N(C)Cc2ccc(C)cc2)n1. The molecule has 1 aromatic heterocycles. The molecular weight excluding hydrogens is 286 g/mol. The molecule has 0 spiro atoms. The molecule has 0 N–H and O–H groups in total. The zero-order chi connectivity index (χ0) is 15.2. The first kappa shape index (κ1) is 15.7. The summed E-state index contributed by atoms with van der Waals surface area (Å²) in [5.74, 6) is 1.40. The summed E-state index contributed by atoms with van der Waals surface area (Å²) in [5.41, 5.74) is 2.48. The van der Waals surface area contributed by atoms with Crippen molar-refractivity contribution >= 4 is 17.4 Å². The number of hydrogen-bond donors (Lipinski definition) is 0. The van der Waals surface area contributed by atoms with E-state index in [1.165, 1.54) is 11.1 Å². The first-order valence-electron chi connectivity index (χ1n) is 6.96. The van der Waals surface area contributed by atoms with Crippen LogP contribution in [0, 0.1) is 6.92 Å². The van der Waals surface area contributed by atoms with E-state index in [1.807, 2.05) is 18.9 Å². The molecule has 0 radical (unpaired) electrons. The number of hydrogen-bond acceptors (Lipinski definition) is 4. The van der Waals surface area contributed by atoms with Crippen LogP contribution in [0.25, 0.3) is 0 Å². The summed E-state index contributed by atoms with van der Waals surface area (Å²) in [6, 6.07) is 10.2. The lowest BCUT2D eigenvalue weighted by molar-refractivity contribution is 0.128. The molecule has 112 valence electrons. The minimum absolute atomic E-state index is 0.377. The number of aromatic nitrogens is 2. The fourth-order valence-corrected chi connectivity index (χ4v) is 2.15.